The molecule has 0 N–H and O–H groups in total. The summed E-state index contributed by atoms with van der Waals surface area (Å²) in [5.41, 5.74) is 1.93. The number of Topliss-reactive ketones (excluding diaryl/α,β-unsaturated/α-hetero) is 1. The Bertz CT molecular complexity index is 341. The summed E-state index contributed by atoms with van der Waals surface area (Å²) < 4.78 is 0. The van der Waals surface area contributed by atoms with Gasteiger partial charge in [-0.1, -0.05) is 30.3 Å². The van der Waals surface area contributed by atoms with E-state index in [9.17, 15) is 4.79 Å². The third kappa shape index (κ3) is 4.34. The van der Waals surface area contributed by atoms with Gasteiger partial charge in [0.2, 0.25) is 0 Å². The molecule has 0 amide bonds. The standard InChI is InChI=1S/C13H16OS/c1-11(13(14)8-9-15-2)10-12-6-4-3-5-7-12/h3-7,10H,8-9H2,1-2H3. The topological polar surface area (TPSA) is 17.1 Å². The summed E-state index contributed by atoms with van der Waals surface area (Å²) in [6.45, 7) is 1.88. The molecule has 15 heavy (non-hydrogen) atoms. The van der Waals surface area contributed by atoms with Gasteiger partial charge in [-0.15, -0.1) is 0 Å². The first-order valence-electron chi connectivity index (χ1n) is 4.99. The molecule has 0 spiro atoms. The largest absolute Gasteiger partial charge is 0.295 e. The van der Waals surface area contributed by atoms with Crippen LogP contribution in [0.2, 0.25) is 0 Å². The summed E-state index contributed by atoms with van der Waals surface area (Å²) in [5.74, 6) is 1.15. The third-order valence-corrected chi connectivity index (χ3v) is 2.77. The molecule has 1 aromatic rings. The van der Waals surface area contributed by atoms with Gasteiger partial charge in [-0.2, -0.15) is 11.8 Å². The van der Waals surface area contributed by atoms with E-state index in [-0.39, 0.29) is 5.78 Å². The number of carbonyl (C=O) groups is 1. The van der Waals surface area contributed by atoms with Gasteiger partial charge >= 0.3 is 0 Å². The number of allylic oxidation sites excluding steroid dienone is 1. The number of benzene rings is 1. The molecule has 0 atom stereocenters. The first-order chi connectivity index (χ1) is 7.24. The molecule has 0 unspecified atom stereocenters. The predicted molar refractivity (Wildman–Crippen MR) is 68.1 cm³/mol. The van der Waals surface area contributed by atoms with Crippen molar-refractivity contribution < 1.29 is 4.79 Å². The van der Waals surface area contributed by atoms with E-state index in [1.54, 1.807) is 11.8 Å². The fourth-order valence-corrected chi connectivity index (χ4v) is 1.66. The van der Waals surface area contributed by atoms with E-state index in [4.69, 9.17) is 0 Å². The Morgan fingerprint density at radius 2 is 2.00 bits per heavy atom. The minimum Gasteiger partial charge on any atom is -0.295 e. The molecule has 1 aromatic carbocycles. The van der Waals surface area contributed by atoms with Crippen LogP contribution in [0.15, 0.2) is 35.9 Å². The SMILES string of the molecule is CSCCC(=O)C(C)=Cc1ccccc1. The van der Waals surface area contributed by atoms with Gasteiger partial charge in [-0.25, -0.2) is 0 Å². The van der Waals surface area contributed by atoms with Crippen LogP contribution >= 0.6 is 11.8 Å². The van der Waals surface area contributed by atoms with Crippen molar-refractivity contribution in [2.24, 2.45) is 0 Å². The zero-order valence-electron chi connectivity index (χ0n) is 9.19. The molecule has 0 heterocycles. The van der Waals surface area contributed by atoms with Gasteiger partial charge in [0, 0.05) is 12.2 Å². The maximum Gasteiger partial charge on any atom is 0.159 e. The fourth-order valence-electron chi connectivity index (χ4n) is 1.27. The van der Waals surface area contributed by atoms with E-state index in [0.717, 1.165) is 16.9 Å². The molecule has 0 aliphatic carbocycles. The van der Waals surface area contributed by atoms with Crippen LogP contribution in [0.1, 0.15) is 18.9 Å². The number of hydrogen-bond donors (Lipinski definition) is 0. The predicted octanol–water partition coefficient (Wildman–Crippen LogP) is 3.41. The molecule has 0 radical (unpaired) electrons. The van der Waals surface area contributed by atoms with E-state index in [0.29, 0.717) is 6.42 Å². The normalized spacial score (nSPS) is 11.5. The summed E-state index contributed by atoms with van der Waals surface area (Å²) in [6, 6.07) is 9.94. The Balaban J connectivity index is 2.63. The van der Waals surface area contributed by atoms with Crippen LogP contribution in [0.4, 0.5) is 0 Å². The van der Waals surface area contributed by atoms with Crippen molar-refractivity contribution in [2.75, 3.05) is 12.0 Å². The van der Waals surface area contributed by atoms with Crippen LogP contribution in [0, 0.1) is 0 Å². The summed E-state index contributed by atoms with van der Waals surface area (Å²) in [6.07, 6.45) is 4.60. The molecule has 0 saturated heterocycles. The molecule has 1 nitrogen and oxygen atoms in total. The van der Waals surface area contributed by atoms with Crippen molar-refractivity contribution in [3.8, 4) is 0 Å². The molecule has 0 bridgehead atoms. The van der Waals surface area contributed by atoms with Crippen molar-refractivity contribution in [3.05, 3.63) is 41.5 Å². The number of carbonyl (C=O) groups excluding carboxylic acids is 1. The smallest absolute Gasteiger partial charge is 0.159 e. The lowest BCUT2D eigenvalue weighted by atomic mass is 10.1. The van der Waals surface area contributed by atoms with Crippen LogP contribution in [0.5, 0.6) is 0 Å². The van der Waals surface area contributed by atoms with Crippen LogP contribution in [-0.2, 0) is 4.79 Å². The molecule has 0 aromatic heterocycles. The second-order valence-electron chi connectivity index (χ2n) is 3.40. The number of hydrogen-bond acceptors (Lipinski definition) is 2. The third-order valence-electron chi connectivity index (χ3n) is 2.16. The highest BCUT2D eigenvalue weighted by Crippen LogP contribution is 2.09. The molecule has 0 saturated carbocycles. The molecule has 2 heteroatoms. The van der Waals surface area contributed by atoms with E-state index in [1.165, 1.54) is 0 Å². The Kier molecular flexibility index (Phi) is 5.19. The molecular formula is C13H16OS. The first kappa shape index (κ1) is 12.1. The number of rotatable bonds is 5. The van der Waals surface area contributed by atoms with Gasteiger partial charge in [0.15, 0.2) is 5.78 Å². The van der Waals surface area contributed by atoms with Crippen molar-refractivity contribution in [1.82, 2.24) is 0 Å². The highest BCUT2D eigenvalue weighted by Gasteiger charge is 2.03. The summed E-state index contributed by atoms with van der Waals surface area (Å²) in [7, 11) is 0. The van der Waals surface area contributed by atoms with Crippen LogP contribution in [0.3, 0.4) is 0 Å². The average Bonchev–Trinajstić information content (AvgIpc) is 2.27. The summed E-state index contributed by atoms with van der Waals surface area (Å²) in [4.78, 5) is 11.6. The second kappa shape index (κ2) is 6.46. The minimum absolute atomic E-state index is 0.244. The zero-order chi connectivity index (χ0) is 11.1. The molecule has 0 fully saturated rings. The van der Waals surface area contributed by atoms with E-state index in [1.807, 2.05) is 49.6 Å². The Hall–Kier alpha value is -1.02. The lowest BCUT2D eigenvalue weighted by Crippen LogP contribution is -2.00. The summed E-state index contributed by atoms with van der Waals surface area (Å²) >= 11 is 1.71. The Labute approximate surface area is 95.6 Å². The van der Waals surface area contributed by atoms with Gasteiger partial charge in [-0.3, -0.25) is 4.79 Å². The van der Waals surface area contributed by atoms with Crippen molar-refractivity contribution in [2.45, 2.75) is 13.3 Å². The number of ketones is 1. The van der Waals surface area contributed by atoms with Gasteiger partial charge in [0.1, 0.15) is 0 Å². The highest BCUT2D eigenvalue weighted by atomic mass is 32.2. The van der Waals surface area contributed by atoms with E-state index in [2.05, 4.69) is 0 Å². The van der Waals surface area contributed by atoms with Crippen LogP contribution in [0.25, 0.3) is 6.08 Å². The Morgan fingerprint density at radius 3 is 2.60 bits per heavy atom. The van der Waals surface area contributed by atoms with Crippen molar-refractivity contribution in [3.63, 3.8) is 0 Å². The molecule has 1 rings (SSSR count). The molecule has 0 aliphatic heterocycles. The lowest BCUT2D eigenvalue weighted by Gasteiger charge is -2.00. The van der Waals surface area contributed by atoms with Gasteiger partial charge in [-0.05, 0) is 30.4 Å². The van der Waals surface area contributed by atoms with E-state index >= 15 is 0 Å². The Morgan fingerprint density at radius 1 is 1.33 bits per heavy atom. The van der Waals surface area contributed by atoms with Gasteiger partial charge in [0.25, 0.3) is 0 Å². The summed E-state index contributed by atoms with van der Waals surface area (Å²) in [5, 5.41) is 0. The van der Waals surface area contributed by atoms with Crippen molar-refractivity contribution >= 4 is 23.6 Å². The zero-order valence-corrected chi connectivity index (χ0v) is 10.0. The van der Waals surface area contributed by atoms with Crippen LogP contribution in [-0.4, -0.2) is 17.8 Å². The fraction of sp³-hybridized carbons (Fsp3) is 0.308. The molecule has 80 valence electrons. The first-order valence-corrected chi connectivity index (χ1v) is 6.39. The van der Waals surface area contributed by atoms with Crippen LogP contribution < -0.4 is 0 Å². The van der Waals surface area contributed by atoms with Gasteiger partial charge in [0.05, 0.1) is 0 Å². The van der Waals surface area contributed by atoms with Crippen molar-refractivity contribution in [1.29, 1.82) is 0 Å². The second-order valence-corrected chi connectivity index (χ2v) is 4.39. The molecular weight excluding hydrogens is 204 g/mol. The number of thioether (sulfide) groups is 1. The van der Waals surface area contributed by atoms with Gasteiger partial charge < -0.3 is 0 Å². The highest BCUT2D eigenvalue weighted by molar-refractivity contribution is 7.98. The maximum absolute atomic E-state index is 11.6. The minimum atomic E-state index is 0.244. The average molecular weight is 220 g/mol. The molecule has 0 aliphatic rings. The quantitative estimate of drug-likeness (QED) is 0.707. The maximum atomic E-state index is 11.6. The lowest BCUT2D eigenvalue weighted by molar-refractivity contribution is -0.115. The van der Waals surface area contributed by atoms with E-state index < -0.39 is 0 Å². The monoisotopic (exact) mass is 220 g/mol.